The van der Waals surface area contributed by atoms with Crippen molar-refractivity contribution in [3.63, 3.8) is 0 Å². The maximum Gasteiger partial charge on any atom is 0.243 e. The Labute approximate surface area is 196 Å². The molecule has 1 heterocycles. The number of nitrogens with zero attached hydrogens (tertiary/aromatic N) is 2. The van der Waals surface area contributed by atoms with Crippen molar-refractivity contribution in [3.05, 3.63) is 50.9 Å². The van der Waals surface area contributed by atoms with Crippen LogP contribution >= 0.6 is 44.1 Å². The first-order chi connectivity index (χ1) is 14.3. The molecule has 1 saturated heterocycles. The van der Waals surface area contributed by atoms with Gasteiger partial charge in [0.25, 0.3) is 0 Å². The molecule has 2 aromatic carbocycles. The third-order valence-corrected chi connectivity index (χ3v) is 7.32. The monoisotopic (exact) mass is 576 g/mol. The van der Waals surface area contributed by atoms with Crippen LogP contribution in [0.5, 0.6) is 5.75 Å². The van der Waals surface area contributed by atoms with Crippen LogP contribution in [0, 0.1) is 0 Å². The van der Waals surface area contributed by atoms with Gasteiger partial charge in [-0.2, -0.15) is 9.41 Å². The van der Waals surface area contributed by atoms with Crippen molar-refractivity contribution >= 4 is 71.1 Å². The summed E-state index contributed by atoms with van der Waals surface area (Å²) in [5, 5.41) is 17.2. The number of halogens is 2. The number of hydrogen-bond acceptors (Lipinski definition) is 6. The molecule has 0 atom stereocenters. The van der Waals surface area contributed by atoms with E-state index in [1.165, 1.54) is 22.7 Å². The first kappa shape index (κ1) is 23.1. The number of anilines is 1. The second-order valence-electron chi connectivity index (χ2n) is 6.19. The van der Waals surface area contributed by atoms with Crippen molar-refractivity contribution in [2.45, 2.75) is 4.90 Å². The number of phenolic OH excluding ortho intramolecular Hbond substituents is 1. The van der Waals surface area contributed by atoms with Crippen LogP contribution in [0.15, 0.2) is 55.3 Å². The summed E-state index contributed by atoms with van der Waals surface area (Å²) < 4.78 is 33.2. The molecule has 30 heavy (non-hydrogen) atoms. The molecule has 0 unspecified atom stereocenters. The van der Waals surface area contributed by atoms with Crippen LogP contribution < -0.4 is 10.7 Å². The first-order valence-corrected chi connectivity index (χ1v) is 12.2. The van der Waals surface area contributed by atoms with Crippen LogP contribution in [0.1, 0.15) is 5.56 Å². The highest BCUT2D eigenvalue weighted by atomic mass is 79.9. The van der Waals surface area contributed by atoms with Gasteiger partial charge in [-0.3, -0.25) is 5.43 Å². The summed E-state index contributed by atoms with van der Waals surface area (Å²) >= 11 is 11.8. The quantitative estimate of drug-likeness (QED) is 0.285. The molecule has 12 heteroatoms. The lowest BCUT2D eigenvalue weighted by Crippen LogP contribution is -2.40. The molecule has 0 bridgehead atoms. The van der Waals surface area contributed by atoms with Crippen LogP contribution in [0.3, 0.4) is 0 Å². The predicted molar refractivity (Wildman–Crippen MR) is 126 cm³/mol. The fourth-order valence-corrected chi connectivity index (χ4v) is 5.49. The molecular formula is C18H18Br2N4O4S2. The third-order valence-electron chi connectivity index (χ3n) is 4.15. The lowest BCUT2D eigenvalue weighted by molar-refractivity contribution is 0.0730. The lowest BCUT2D eigenvalue weighted by atomic mass is 10.2. The molecule has 0 amide bonds. The Balaban J connectivity index is 1.59. The standard InChI is InChI=1S/C18H18Br2N4O4S2/c19-13-9-12(17(25)16(20)10-13)11-21-23-18(29)22-14-1-3-15(4-2-14)30(26,27)24-5-7-28-8-6-24/h1-4,9-11,25H,5-8H2,(H2,22,23,29)/b21-11+. The lowest BCUT2D eigenvalue weighted by Gasteiger charge is -2.26. The Hall–Kier alpha value is -1.57. The minimum Gasteiger partial charge on any atom is -0.506 e. The molecule has 3 N–H and O–H groups in total. The van der Waals surface area contributed by atoms with Gasteiger partial charge >= 0.3 is 0 Å². The number of hydrogen-bond donors (Lipinski definition) is 3. The second-order valence-corrected chi connectivity index (χ2v) is 10.3. The van der Waals surface area contributed by atoms with Crippen molar-refractivity contribution in [2.75, 3.05) is 31.6 Å². The number of aromatic hydroxyl groups is 1. The van der Waals surface area contributed by atoms with Gasteiger partial charge < -0.3 is 15.2 Å². The summed E-state index contributed by atoms with van der Waals surface area (Å²) in [4.78, 5) is 0.211. The molecule has 0 spiro atoms. The van der Waals surface area contributed by atoms with Crippen LogP contribution in [0.4, 0.5) is 5.69 Å². The fraction of sp³-hybridized carbons (Fsp3) is 0.222. The third kappa shape index (κ3) is 5.77. The van der Waals surface area contributed by atoms with Gasteiger partial charge in [0, 0.05) is 28.8 Å². The minimum atomic E-state index is -3.54. The highest BCUT2D eigenvalue weighted by Crippen LogP contribution is 2.30. The van der Waals surface area contributed by atoms with E-state index in [9.17, 15) is 13.5 Å². The number of hydrazone groups is 1. The highest BCUT2D eigenvalue weighted by molar-refractivity contribution is 9.11. The van der Waals surface area contributed by atoms with Crippen LogP contribution in [0.2, 0.25) is 0 Å². The Morgan fingerprint density at radius 2 is 1.87 bits per heavy atom. The Morgan fingerprint density at radius 3 is 2.53 bits per heavy atom. The van der Waals surface area contributed by atoms with E-state index in [4.69, 9.17) is 17.0 Å². The zero-order chi connectivity index (χ0) is 21.7. The van der Waals surface area contributed by atoms with Crippen molar-refractivity contribution in [1.29, 1.82) is 0 Å². The summed E-state index contributed by atoms with van der Waals surface area (Å²) in [5.74, 6) is 0.0553. The number of sulfonamides is 1. The number of nitrogens with one attached hydrogen (secondary N) is 2. The largest absolute Gasteiger partial charge is 0.506 e. The van der Waals surface area contributed by atoms with Gasteiger partial charge in [0.2, 0.25) is 10.0 Å². The summed E-state index contributed by atoms with van der Waals surface area (Å²) in [6.45, 7) is 1.49. The molecule has 0 radical (unpaired) electrons. The number of thiocarbonyl (C=S) groups is 1. The van der Waals surface area contributed by atoms with Gasteiger partial charge in [-0.25, -0.2) is 8.42 Å². The van der Waals surface area contributed by atoms with E-state index >= 15 is 0 Å². The van der Waals surface area contributed by atoms with Gasteiger partial charge in [0.15, 0.2) is 5.11 Å². The van der Waals surface area contributed by atoms with Gasteiger partial charge in [-0.05, 0) is 64.5 Å². The topological polar surface area (TPSA) is 103 Å². The Morgan fingerprint density at radius 1 is 1.20 bits per heavy atom. The van der Waals surface area contributed by atoms with E-state index in [0.29, 0.717) is 42.0 Å². The van der Waals surface area contributed by atoms with E-state index in [-0.39, 0.29) is 15.8 Å². The van der Waals surface area contributed by atoms with Gasteiger partial charge in [-0.15, -0.1) is 0 Å². The SMILES string of the molecule is O=S(=O)(c1ccc(NC(=S)N/N=C/c2cc(Br)cc(Br)c2O)cc1)N1CCOCC1. The number of rotatable bonds is 5. The molecule has 2 aromatic rings. The van der Waals surface area contributed by atoms with E-state index in [1.807, 2.05) is 0 Å². The van der Waals surface area contributed by atoms with Crippen LogP contribution in [-0.2, 0) is 14.8 Å². The van der Waals surface area contributed by atoms with E-state index in [2.05, 4.69) is 47.7 Å². The van der Waals surface area contributed by atoms with Crippen LogP contribution in [-0.4, -0.2) is 55.5 Å². The fourth-order valence-electron chi connectivity index (χ4n) is 2.65. The van der Waals surface area contributed by atoms with Crippen molar-refractivity contribution in [3.8, 4) is 5.75 Å². The highest BCUT2D eigenvalue weighted by Gasteiger charge is 2.26. The zero-order valence-electron chi connectivity index (χ0n) is 15.5. The molecule has 0 saturated carbocycles. The number of morpholine rings is 1. The number of benzene rings is 2. The molecule has 8 nitrogen and oxygen atoms in total. The van der Waals surface area contributed by atoms with Gasteiger partial charge in [-0.1, -0.05) is 15.9 Å². The molecule has 1 fully saturated rings. The molecule has 1 aliphatic rings. The molecule has 1 aliphatic heterocycles. The normalized spacial score (nSPS) is 15.3. The predicted octanol–water partition coefficient (Wildman–Crippen LogP) is 3.26. The number of phenols is 1. The average Bonchev–Trinajstić information content (AvgIpc) is 2.72. The van der Waals surface area contributed by atoms with Crippen LogP contribution in [0.25, 0.3) is 0 Å². The molecule has 0 aromatic heterocycles. The molecular weight excluding hydrogens is 560 g/mol. The summed E-state index contributed by atoms with van der Waals surface area (Å²) in [5.41, 5.74) is 3.75. The molecule has 0 aliphatic carbocycles. The van der Waals surface area contributed by atoms with Crippen molar-refractivity contribution in [2.24, 2.45) is 5.10 Å². The summed E-state index contributed by atoms with van der Waals surface area (Å²) in [7, 11) is -3.54. The molecule has 160 valence electrons. The van der Waals surface area contributed by atoms with Gasteiger partial charge in [0.1, 0.15) is 5.75 Å². The smallest absolute Gasteiger partial charge is 0.243 e. The Kier molecular flexibility index (Phi) is 7.82. The summed E-state index contributed by atoms with van der Waals surface area (Å²) in [6.07, 6.45) is 1.43. The Bertz CT molecular complexity index is 1060. The zero-order valence-corrected chi connectivity index (χ0v) is 20.3. The first-order valence-electron chi connectivity index (χ1n) is 8.73. The van der Waals surface area contributed by atoms with Crippen molar-refractivity contribution < 1.29 is 18.3 Å². The molecule has 3 rings (SSSR count). The maximum absolute atomic E-state index is 12.6. The van der Waals surface area contributed by atoms with E-state index < -0.39 is 10.0 Å². The number of ether oxygens (including phenoxy) is 1. The van der Waals surface area contributed by atoms with E-state index in [0.717, 1.165) is 4.47 Å². The van der Waals surface area contributed by atoms with E-state index in [1.54, 1.807) is 24.3 Å². The minimum absolute atomic E-state index is 0.0553. The van der Waals surface area contributed by atoms with Crippen molar-refractivity contribution in [1.82, 2.24) is 9.73 Å². The maximum atomic E-state index is 12.6. The summed E-state index contributed by atoms with van der Waals surface area (Å²) in [6, 6.07) is 9.72. The average molecular weight is 578 g/mol. The van der Waals surface area contributed by atoms with Gasteiger partial charge in [0.05, 0.1) is 28.8 Å². The second kappa shape index (κ2) is 10.2.